The Labute approximate surface area is 171 Å². The highest BCUT2D eigenvalue weighted by Gasteiger charge is 2.46. The van der Waals surface area contributed by atoms with E-state index in [1.54, 1.807) is 36.3 Å². The molecule has 1 aliphatic heterocycles. The van der Waals surface area contributed by atoms with Gasteiger partial charge in [0.1, 0.15) is 11.5 Å². The molecule has 0 saturated carbocycles. The van der Waals surface area contributed by atoms with Crippen molar-refractivity contribution >= 4 is 17.4 Å². The lowest BCUT2D eigenvalue weighted by molar-refractivity contribution is -0.857. The van der Waals surface area contributed by atoms with Gasteiger partial charge in [-0.2, -0.15) is 0 Å². The zero-order chi connectivity index (χ0) is 21.1. The van der Waals surface area contributed by atoms with Crippen molar-refractivity contribution in [1.29, 1.82) is 0 Å². The number of nitrogens with one attached hydrogen (secondary N) is 1. The highest BCUT2D eigenvalue weighted by Crippen LogP contribution is 2.39. The summed E-state index contributed by atoms with van der Waals surface area (Å²) in [7, 11) is 5.56. The van der Waals surface area contributed by atoms with E-state index in [0.717, 1.165) is 11.1 Å². The Kier molecular flexibility index (Phi) is 6.03. The van der Waals surface area contributed by atoms with Gasteiger partial charge in [-0.05, 0) is 24.6 Å². The van der Waals surface area contributed by atoms with Crippen molar-refractivity contribution in [3.8, 4) is 5.75 Å². The Morgan fingerprint density at radius 2 is 1.69 bits per heavy atom. The maximum absolute atomic E-state index is 12.9. The number of aliphatic hydroxyl groups excluding tert-OH is 1. The summed E-state index contributed by atoms with van der Waals surface area (Å²) in [6.45, 7) is 3.04. The van der Waals surface area contributed by atoms with Crippen LogP contribution >= 0.6 is 0 Å². The van der Waals surface area contributed by atoms with E-state index in [1.165, 1.54) is 4.90 Å². The minimum absolute atomic E-state index is 0.123. The molecule has 1 saturated heterocycles. The van der Waals surface area contributed by atoms with Crippen LogP contribution in [-0.2, 0) is 9.59 Å². The Balaban J connectivity index is 2.12. The van der Waals surface area contributed by atoms with E-state index in [0.29, 0.717) is 24.4 Å². The van der Waals surface area contributed by atoms with Crippen LogP contribution in [0.3, 0.4) is 0 Å². The van der Waals surface area contributed by atoms with Gasteiger partial charge in [-0.25, -0.2) is 0 Å². The molecule has 1 atom stereocenters. The Morgan fingerprint density at radius 1 is 1.07 bits per heavy atom. The molecule has 2 aromatic carbocycles. The van der Waals surface area contributed by atoms with E-state index < -0.39 is 17.7 Å². The van der Waals surface area contributed by atoms with Crippen LogP contribution in [0, 0.1) is 6.92 Å². The van der Waals surface area contributed by atoms with Crippen molar-refractivity contribution in [2.75, 3.05) is 34.3 Å². The number of aryl methyl sites for hydroxylation is 1. The number of ether oxygens (including phenoxy) is 1. The van der Waals surface area contributed by atoms with Gasteiger partial charge in [0, 0.05) is 5.56 Å². The monoisotopic (exact) mass is 395 g/mol. The molecule has 1 amide bonds. The van der Waals surface area contributed by atoms with Crippen LogP contribution in [0.4, 0.5) is 0 Å². The molecule has 2 N–H and O–H groups in total. The molecule has 0 bridgehead atoms. The summed E-state index contributed by atoms with van der Waals surface area (Å²) in [6.07, 6.45) is 0. The van der Waals surface area contributed by atoms with E-state index in [4.69, 9.17) is 4.74 Å². The highest BCUT2D eigenvalue weighted by atomic mass is 16.5. The van der Waals surface area contributed by atoms with Gasteiger partial charge in [-0.3, -0.25) is 9.59 Å². The summed E-state index contributed by atoms with van der Waals surface area (Å²) in [5, 5.41) is 11.0. The number of amides is 1. The topological polar surface area (TPSA) is 71.3 Å². The second kappa shape index (κ2) is 8.49. The van der Waals surface area contributed by atoms with Crippen LogP contribution < -0.4 is 9.64 Å². The first kappa shape index (κ1) is 20.6. The fourth-order valence-electron chi connectivity index (χ4n) is 3.45. The normalized spacial score (nSPS) is 18.5. The third-order valence-electron chi connectivity index (χ3n) is 5.15. The Morgan fingerprint density at radius 3 is 2.24 bits per heavy atom. The third kappa shape index (κ3) is 4.17. The number of ketones is 1. The zero-order valence-electron chi connectivity index (χ0n) is 17.2. The molecule has 3 rings (SSSR count). The predicted octanol–water partition coefficient (Wildman–Crippen LogP) is 1.57. The van der Waals surface area contributed by atoms with Crippen LogP contribution in [0.2, 0.25) is 0 Å². The summed E-state index contributed by atoms with van der Waals surface area (Å²) in [5.41, 5.74) is 2.44. The number of methoxy groups -OCH3 is 1. The van der Waals surface area contributed by atoms with Gasteiger partial charge in [0.05, 0.1) is 45.9 Å². The highest BCUT2D eigenvalue weighted by molar-refractivity contribution is 6.46. The quantitative estimate of drug-likeness (QED) is 0.443. The fraction of sp³-hybridized carbons (Fsp3) is 0.304. The molecule has 1 heterocycles. The zero-order valence-corrected chi connectivity index (χ0v) is 17.2. The number of benzene rings is 2. The molecular formula is C23H27N2O4+. The Hall–Kier alpha value is -3.12. The molecule has 152 valence electrons. The number of rotatable bonds is 6. The van der Waals surface area contributed by atoms with Crippen LogP contribution in [0.5, 0.6) is 5.75 Å². The van der Waals surface area contributed by atoms with E-state index in [2.05, 4.69) is 0 Å². The number of hydrogen-bond acceptors (Lipinski definition) is 4. The van der Waals surface area contributed by atoms with Crippen molar-refractivity contribution in [3.05, 3.63) is 70.8 Å². The average Bonchev–Trinajstić information content (AvgIpc) is 2.97. The second-order valence-corrected chi connectivity index (χ2v) is 7.59. The van der Waals surface area contributed by atoms with Gasteiger partial charge >= 0.3 is 0 Å². The van der Waals surface area contributed by atoms with Crippen LogP contribution in [0.15, 0.2) is 54.1 Å². The van der Waals surface area contributed by atoms with Gasteiger partial charge in [0.25, 0.3) is 11.7 Å². The van der Waals surface area contributed by atoms with Crippen molar-refractivity contribution in [2.24, 2.45) is 0 Å². The number of carbonyl (C=O) groups excluding carboxylic acids is 2. The van der Waals surface area contributed by atoms with E-state index in [-0.39, 0.29) is 11.3 Å². The van der Waals surface area contributed by atoms with Crippen LogP contribution in [-0.4, -0.2) is 56.0 Å². The summed E-state index contributed by atoms with van der Waals surface area (Å²) in [4.78, 5) is 28.4. The standard InChI is InChI=1S/C23H26N2O4/c1-15-5-7-17(8-6-15)21(26)19-20(16-9-11-18(29-4)12-10-16)25(14-13-24(2)3)23(28)22(19)27/h5-12,20,26H,13-14H2,1-4H3/p+1/b21-19+/t20-/m1/s1. The van der Waals surface area contributed by atoms with Crippen molar-refractivity contribution in [3.63, 3.8) is 0 Å². The first-order valence-corrected chi connectivity index (χ1v) is 9.62. The smallest absolute Gasteiger partial charge is 0.295 e. The van der Waals surface area contributed by atoms with E-state index in [1.807, 2.05) is 45.3 Å². The number of likely N-dealkylation sites (tertiary alicyclic amines) is 1. The molecule has 1 aliphatic rings. The molecule has 2 aromatic rings. The molecule has 0 unspecified atom stereocenters. The van der Waals surface area contributed by atoms with Crippen molar-refractivity contribution in [2.45, 2.75) is 13.0 Å². The van der Waals surface area contributed by atoms with Crippen molar-refractivity contribution in [1.82, 2.24) is 4.90 Å². The molecule has 1 fully saturated rings. The van der Waals surface area contributed by atoms with Gasteiger partial charge in [0.15, 0.2) is 0 Å². The van der Waals surface area contributed by atoms with Crippen molar-refractivity contribution < 1.29 is 24.3 Å². The second-order valence-electron chi connectivity index (χ2n) is 7.59. The van der Waals surface area contributed by atoms with Crippen LogP contribution in [0.1, 0.15) is 22.7 Å². The number of likely N-dealkylation sites (N-methyl/N-ethyl adjacent to an activating group) is 1. The molecule has 29 heavy (non-hydrogen) atoms. The molecule has 0 spiro atoms. The summed E-state index contributed by atoms with van der Waals surface area (Å²) >= 11 is 0. The first-order valence-electron chi connectivity index (χ1n) is 9.62. The molecular weight excluding hydrogens is 368 g/mol. The third-order valence-corrected chi connectivity index (χ3v) is 5.15. The minimum atomic E-state index is -0.655. The minimum Gasteiger partial charge on any atom is -0.507 e. The number of quaternary nitrogens is 1. The number of hydrogen-bond donors (Lipinski definition) is 2. The van der Waals surface area contributed by atoms with Crippen LogP contribution in [0.25, 0.3) is 5.76 Å². The number of nitrogens with zero attached hydrogens (tertiary/aromatic N) is 1. The maximum Gasteiger partial charge on any atom is 0.295 e. The predicted molar refractivity (Wildman–Crippen MR) is 111 cm³/mol. The molecule has 6 nitrogen and oxygen atoms in total. The molecule has 0 aliphatic carbocycles. The van der Waals surface area contributed by atoms with Gasteiger partial charge < -0.3 is 19.6 Å². The first-order chi connectivity index (χ1) is 13.8. The van der Waals surface area contributed by atoms with Gasteiger partial charge in [0.2, 0.25) is 0 Å². The van der Waals surface area contributed by atoms with E-state index >= 15 is 0 Å². The summed E-state index contributed by atoms with van der Waals surface area (Å²) in [6, 6.07) is 13.8. The molecule has 0 aromatic heterocycles. The van der Waals surface area contributed by atoms with Gasteiger partial charge in [-0.1, -0.05) is 42.0 Å². The maximum atomic E-state index is 12.9. The lowest BCUT2D eigenvalue weighted by Gasteiger charge is -2.25. The molecule has 0 radical (unpaired) electrons. The lowest BCUT2D eigenvalue weighted by atomic mass is 9.95. The fourth-order valence-corrected chi connectivity index (χ4v) is 3.45. The number of carbonyl (C=O) groups is 2. The molecule has 6 heteroatoms. The average molecular weight is 395 g/mol. The summed E-state index contributed by atoms with van der Waals surface area (Å²) in [5.74, 6) is -0.704. The summed E-state index contributed by atoms with van der Waals surface area (Å²) < 4.78 is 5.22. The number of aliphatic hydroxyl groups is 1. The largest absolute Gasteiger partial charge is 0.507 e. The SMILES string of the molecule is COc1ccc([C@@H]2/C(=C(\O)c3ccc(C)cc3)C(=O)C(=O)N2CC[NH+](C)C)cc1. The van der Waals surface area contributed by atoms with E-state index in [9.17, 15) is 14.7 Å². The lowest BCUT2D eigenvalue weighted by Crippen LogP contribution is -3.06. The van der Waals surface area contributed by atoms with Gasteiger partial charge in [-0.15, -0.1) is 0 Å². The number of Topliss-reactive ketones (excluding diaryl/α,β-unsaturated/α-hetero) is 1. The Bertz CT molecular complexity index is 930.